The van der Waals surface area contributed by atoms with Crippen LogP contribution in [-0.2, 0) is 4.79 Å². The van der Waals surface area contributed by atoms with Crippen LogP contribution in [0.1, 0.15) is 6.92 Å². The van der Waals surface area contributed by atoms with E-state index in [1.54, 1.807) is 0 Å². The van der Waals surface area contributed by atoms with Crippen LogP contribution in [0.3, 0.4) is 0 Å². The fourth-order valence-electron chi connectivity index (χ4n) is 0.713. The van der Waals surface area contributed by atoms with Crippen molar-refractivity contribution in [3.05, 3.63) is 30.3 Å². The van der Waals surface area contributed by atoms with Crippen molar-refractivity contribution in [3.8, 4) is 0 Å². The first-order valence-corrected chi connectivity index (χ1v) is 3.61. The topological polar surface area (TPSA) is 53.2 Å². The number of hydrogen-bond acceptors (Lipinski definition) is 3. The van der Waals surface area contributed by atoms with Crippen LogP contribution in [0.5, 0.6) is 0 Å². The third kappa shape index (κ3) is 3.03. The van der Waals surface area contributed by atoms with Crippen LogP contribution in [0.25, 0.3) is 0 Å². The molecule has 3 N–H and O–H groups in total. The zero-order valence-electron chi connectivity index (χ0n) is 6.79. The van der Waals surface area contributed by atoms with Crippen LogP contribution in [-0.4, -0.2) is 5.91 Å². The lowest BCUT2D eigenvalue weighted by molar-refractivity contribution is -0.119. The molecule has 4 nitrogen and oxygen atoms in total. The highest BCUT2D eigenvalue weighted by atomic mass is 16.2. The number of carbonyl (C=O) groups is 1. The predicted octanol–water partition coefficient (Wildman–Crippen LogP) is 0.654. The first-order valence-electron chi connectivity index (χ1n) is 3.61. The molecular weight excluding hydrogens is 154 g/mol. The average molecular weight is 165 g/mol. The van der Waals surface area contributed by atoms with Gasteiger partial charge < -0.3 is 5.43 Å². The van der Waals surface area contributed by atoms with Gasteiger partial charge in [0.2, 0.25) is 5.91 Å². The van der Waals surface area contributed by atoms with Crippen molar-refractivity contribution < 1.29 is 4.79 Å². The van der Waals surface area contributed by atoms with Gasteiger partial charge in [0.15, 0.2) is 0 Å². The van der Waals surface area contributed by atoms with Crippen molar-refractivity contribution in [3.63, 3.8) is 0 Å². The largest absolute Gasteiger partial charge is 0.304 e. The fraction of sp³-hybridized carbons (Fsp3) is 0.125. The van der Waals surface area contributed by atoms with E-state index in [0.717, 1.165) is 5.69 Å². The maximum atomic E-state index is 10.4. The summed E-state index contributed by atoms with van der Waals surface area (Å²) in [4.78, 5) is 10.4. The number of anilines is 1. The Morgan fingerprint density at radius 1 is 1.25 bits per heavy atom. The SMILES string of the molecule is CC(=O)NNNc1ccccc1. The second-order valence-electron chi connectivity index (χ2n) is 2.30. The Balaban J connectivity index is 2.29. The van der Waals surface area contributed by atoms with Crippen LogP contribution in [0.4, 0.5) is 5.69 Å². The third-order valence-electron chi connectivity index (χ3n) is 1.22. The van der Waals surface area contributed by atoms with E-state index in [4.69, 9.17) is 0 Å². The van der Waals surface area contributed by atoms with E-state index in [1.165, 1.54) is 6.92 Å². The summed E-state index contributed by atoms with van der Waals surface area (Å²) in [6.07, 6.45) is 0. The normalized spacial score (nSPS) is 9.08. The Bertz CT molecular complexity index is 248. The smallest absolute Gasteiger partial charge is 0.232 e. The van der Waals surface area contributed by atoms with Crippen LogP contribution in [0.15, 0.2) is 30.3 Å². The number of nitrogens with one attached hydrogen (secondary N) is 3. The maximum absolute atomic E-state index is 10.4. The van der Waals surface area contributed by atoms with Gasteiger partial charge in [-0.25, -0.2) is 0 Å². The summed E-state index contributed by atoms with van der Waals surface area (Å²) in [5.41, 5.74) is 8.63. The molecule has 0 atom stereocenters. The number of amides is 1. The van der Waals surface area contributed by atoms with Crippen LogP contribution >= 0.6 is 0 Å². The first-order chi connectivity index (χ1) is 5.79. The van der Waals surface area contributed by atoms with Gasteiger partial charge >= 0.3 is 0 Å². The number of hydrogen-bond donors (Lipinski definition) is 3. The summed E-state index contributed by atoms with van der Waals surface area (Å²) in [7, 11) is 0. The number of hydrazine groups is 2. The van der Waals surface area contributed by atoms with Crippen LogP contribution in [0, 0.1) is 0 Å². The van der Waals surface area contributed by atoms with E-state index < -0.39 is 0 Å². The van der Waals surface area contributed by atoms with Crippen molar-refractivity contribution in [2.75, 3.05) is 5.43 Å². The number of rotatable bonds is 3. The van der Waals surface area contributed by atoms with Crippen molar-refractivity contribution in [2.24, 2.45) is 0 Å². The number of para-hydroxylation sites is 1. The van der Waals surface area contributed by atoms with Gasteiger partial charge in [0.25, 0.3) is 0 Å². The second-order valence-corrected chi connectivity index (χ2v) is 2.30. The highest BCUT2D eigenvalue weighted by Gasteiger charge is 1.88. The minimum atomic E-state index is -0.140. The molecule has 0 heterocycles. The van der Waals surface area contributed by atoms with Crippen molar-refractivity contribution in [1.82, 2.24) is 11.0 Å². The monoisotopic (exact) mass is 165 g/mol. The van der Waals surface area contributed by atoms with Gasteiger partial charge in [-0.05, 0) is 12.1 Å². The molecular formula is C8H11N3O. The lowest BCUT2D eigenvalue weighted by atomic mass is 10.3. The summed E-state index contributed by atoms with van der Waals surface area (Å²) < 4.78 is 0. The van der Waals surface area contributed by atoms with E-state index >= 15 is 0 Å². The van der Waals surface area contributed by atoms with E-state index in [-0.39, 0.29) is 5.91 Å². The molecule has 0 aromatic heterocycles. The molecule has 0 unspecified atom stereocenters. The minimum Gasteiger partial charge on any atom is -0.304 e. The van der Waals surface area contributed by atoms with Gasteiger partial charge in [-0.3, -0.25) is 10.2 Å². The maximum Gasteiger partial charge on any atom is 0.232 e. The summed E-state index contributed by atoms with van der Waals surface area (Å²) in [5.74, 6) is -0.140. The number of benzene rings is 1. The first kappa shape index (κ1) is 8.55. The standard InChI is InChI=1S/C8H11N3O/c1-7(12)9-11-10-8-5-3-2-4-6-8/h2-6,10-11H,1H3,(H,9,12). The highest BCUT2D eigenvalue weighted by Crippen LogP contribution is 2.01. The molecule has 0 spiro atoms. The molecule has 0 saturated carbocycles. The molecule has 64 valence electrons. The molecule has 0 saturated heterocycles. The minimum absolute atomic E-state index is 0.140. The predicted molar refractivity (Wildman–Crippen MR) is 47.0 cm³/mol. The summed E-state index contributed by atoms with van der Waals surface area (Å²) >= 11 is 0. The van der Waals surface area contributed by atoms with Gasteiger partial charge in [-0.1, -0.05) is 18.2 Å². The Hall–Kier alpha value is -1.55. The van der Waals surface area contributed by atoms with E-state index in [2.05, 4.69) is 16.4 Å². The van der Waals surface area contributed by atoms with Crippen molar-refractivity contribution in [2.45, 2.75) is 6.92 Å². The number of carbonyl (C=O) groups excluding carboxylic acids is 1. The Morgan fingerprint density at radius 3 is 2.50 bits per heavy atom. The molecule has 0 radical (unpaired) electrons. The van der Waals surface area contributed by atoms with Crippen LogP contribution < -0.4 is 16.4 Å². The Labute approximate surface area is 70.9 Å². The molecule has 1 aromatic carbocycles. The summed E-state index contributed by atoms with van der Waals surface area (Å²) in [6.45, 7) is 1.43. The molecule has 0 aliphatic heterocycles. The van der Waals surface area contributed by atoms with E-state index in [9.17, 15) is 4.79 Å². The molecule has 1 aromatic rings. The zero-order valence-corrected chi connectivity index (χ0v) is 6.79. The molecule has 0 fully saturated rings. The van der Waals surface area contributed by atoms with Gasteiger partial charge in [0, 0.05) is 6.92 Å². The van der Waals surface area contributed by atoms with Gasteiger partial charge in [0.1, 0.15) is 0 Å². The molecule has 0 aliphatic carbocycles. The molecule has 0 aliphatic rings. The van der Waals surface area contributed by atoms with Crippen molar-refractivity contribution in [1.29, 1.82) is 0 Å². The quantitative estimate of drug-likeness (QED) is 0.576. The lowest BCUT2D eigenvalue weighted by Gasteiger charge is -2.06. The van der Waals surface area contributed by atoms with Gasteiger partial charge in [-0.2, -0.15) is 0 Å². The Morgan fingerprint density at radius 2 is 1.92 bits per heavy atom. The molecule has 0 bridgehead atoms. The average Bonchev–Trinajstić information content (AvgIpc) is 2.05. The molecule has 1 rings (SSSR count). The molecule has 4 heteroatoms. The summed E-state index contributed by atoms with van der Waals surface area (Å²) in [6, 6.07) is 9.49. The lowest BCUT2D eigenvalue weighted by Crippen LogP contribution is -2.39. The van der Waals surface area contributed by atoms with Gasteiger partial charge in [-0.15, -0.1) is 5.53 Å². The van der Waals surface area contributed by atoms with Crippen LogP contribution in [0.2, 0.25) is 0 Å². The molecule has 1 amide bonds. The highest BCUT2D eigenvalue weighted by molar-refractivity contribution is 5.72. The van der Waals surface area contributed by atoms with Crippen molar-refractivity contribution >= 4 is 11.6 Å². The van der Waals surface area contributed by atoms with Gasteiger partial charge in [0.05, 0.1) is 5.69 Å². The van der Waals surface area contributed by atoms with E-state index in [1.807, 2.05) is 30.3 Å². The second kappa shape index (κ2) is 4.35. The third-order valence-corrected chi connectivity index (χ3v) is 1.22. The van der Waals surface area contributed by atoms with E-state index in [0.29, 0.717) is 0 Å². The Kier molecular flexibility index (Phi) is 3.10. The molecule has 12 heavy (non-hydrogen) atoms. The zero-order chi connectivity index (χ0) is 8.81. The fourth-order valence-corrected chi connectivity index (χ4v) is 0.713. The summed E-state index contributed by atoms with van der Waals surface area (Å²) in [5, 5.41) is 0.